The average molecular weight is 540 g/mol. The molecule has 3 unspecified atom stereocenters. The van der Waals surface area contributed by atoms with E-state index in [1.165, 1.54) is 82.5 Å². The number of para-hydroxylation sites is 1. The number of halogens is 3. The first-order valence-corrected chi connectivity index (χ1v) is 14.4. The Labute approximate surface area is 227 Å². The number of hydrogen-bond donors (Lipinski definition) is 2. The van der Waals surface area contributed by atoms with Gasteiger partial charge < -0.3 is 15.4 Å². The largest absolute Gasteiger partial charge is 0.573 e. The second-order valence-corrected chi connectivity index (χ2v) is 12.4. The molecule has 1 aromatic heterocycles. The van der Waals surface area contributed by atoms with Crippen LogP contribution in [-0.2, 0) is 6.54 Å². The van der Waals surface area contributed by atoms with Gasteiger partial charge in [-0.05, 0) is 73.2 Å². The molecule has 0 aliphatic heterocycles. The fourth-order valence-electron chi connectivity index (χ4n) is 8.74. The van der Waals surface area contributed by atoms with E-state index in [0.717, 1.165) is 36.1 Å². The summed E-state index contributed by atoms with van der Waals surface area (Å²) in [6.07, 6.45) is 10.3. The Bertz CT molecular complexity index is 1210. The normalized spacial score (nSPS) is 30.1. The van der Waals surface area contributed by atoms with Crippen LogP contribution in [0.25, 0.3) is 0 Å². The van der Waals surface area contributed by atoms with E-state index in [1.807, 2.05) is 0 Å². The van der Waals surface area contributed by atoms with Gasteiger partial charge in [-0.3, -0.25) is 0 Å². The molecule has 1 heterocycles. The molecule has 39 heavy (non-hydrogen) atoms. The average Bonchev–Trinajstić information content (AvgIpc) is 2.91. The Morgan fingerprint density at radius 2 is 1.74 bits per heavy atom. The summed E-state index contributed by atoms with van der Waals surface area (Å²) in [7, 11) is 0. The van der Waals surface area contributed by atoms with Crippen molar-refractivity contribution in [3.63, 3.8) is 0 Å². The van der Waals surface area contributed by atoms with Crippen LogP contribution in [0.3, 0.4) is 0 Å². The maximum absolute atomic E-state index is 12.8. The molecule has 0 saturated heterocycles. The number of benzene rings is 1. The molecule has 5 saturated carbocycles. The van der Waals surface area contributed by atoms with E-state index < -0.39 is 6.36 Å². The number of rotatable bonds is 8. The van der Waals surface area contributed by atoms with Gasteiger partial charge in [0, 0.05) is 18.7 Å². The monoisotopic (exact) mass is 539 g/mol. The lowest BCUT2D eigenvalue weighted by Crippen LogP contribution is -2.55. The molecule has 2 aromatic rings. The van der Waals surface area contributed by atoms with Gasteiger partial charge >= 0.3 is 6.36 Å². The fraction of sp³-hybridized carbons (Fsp3) is 0.633. The van der Waals surface area contributed by atoms with Crippen molar-refractivity contribution in [3.05, 3.63) is 41.6 Å². The summed E-state index contributed by atoms with van der Waals surface area (Å²) in [4.78, 5) is 8.77. The van der Waals surface area contributed by atoms with Crippen LogP contribution < -0.4 is 15.4 Å². The van der Waals surface area contributed by atoms with Gasteiger partial charge in [0.2, 0.25) is 5.95 Å². The van der Waals surface area contributed by atoms with Gasteiger partial charge in [0.25, 0.3) is 0 Å². The number of nitriles is 1. The first-order chi connectivity index (χ1) is 18.8. The summed E-state index contributed by atoms with van der Waals surface area (Å²) in [5.74, 6) is 4.78. The highest BCUT2D eigenvalue weighted by Crippen LogP contribution is 2.64. The van der Waals surface area contributed by atoms with Crippen LogP contribution in [-0.4, -0.2) is 22.9 Å². The summed E-state index contributed by atoms with van der Waals surface area (Å²) >= 11 is 0. The predicted octanol–water partition coefficient (Wildman–Crippen LogP) is 7.29. The zero-order chi connectivity index (χ0) is 27.0. The fourth-order valence-corrected chi connectivity index (χ4v) is 8.74. The standard InChI is InChI=1S/C30H36F3N5O/c31-30(32,33)39-25-9-5-4-8-21(25)16-35-28-36-17-24(15-34)27(38-28)37-18-29-12-19-10-22(13-29)26(23(11-19)14-29)20-6-2-1-3-7-20/h4-5,8-9,17,19-20,22-23,26H,1-3,6-7,10-14,16,18H2,(H2,35,36,37,38)/t19?,22-,23+,26?,29?. The molecule has 4 bridgehead atoms. The second kappa shape index (κ2) is 10.5. The van der Waals surface area contributed by atoms with Crippen molar-refractivity contribution in [2.24, 2.45) is 35.0 Å². The van der Waals surface area contributed by atoms with Crippen molar-refractivity contribution in [1.29, 1.82) is 5.26 Å². The molecular weight excluding hydrogens is 503 g/mol. The SMILES string of the molecule is N#Cc1cnc(NCc2ccccc2OC(F)(F)F)nc1NCC12CC3C[C@H](C1)C(C1CCCCC1)[C@@H](C3)C2. The molecule has 0 amide bonds. The van der Waals surface area contributed by atoms with Crippen molar-refractivity contribution >= 4 is 11.8 Å². The minimum absolute atomic E-state index is 0.0507. The van der Waals surface area contributed by atoms with Crippen molar-refractivity contribution in [3.8, 4) is 11.8 Å². The highest BCUT2D eigenvalue weighted by Gasteiger charge is 2.56. The van der Waals surface area contributed by atoms with Crippen LogP contribution in [0.2, 0.25) is 0 Å². The Balaban J connectivity index is 1.13. The lowest BCUT2D eigenvalue weighted by atomic mass is 9.44. The number of aromatic nitrogens is 2. The van der Waals surface area contributed by atoms with Crippen LogP contribution >= 0.6 is 0 Å². The molecule has 0 radical (unpaired) electrons. The van der Waals surface area contributed by atoms with Gasteiger partial charge in [-0.1, -0.05) is 50.3 Å². The highest BCUT2D eigenvalue weighted by molar-refractivity contribution is 5.53. The molecule has 5 atom stereocenters. The second-order valence-electron chi connectivity index (χ2n) is 12.4. The molecule has 2 N–H and O–H groups in total. The molecular formula is C30H36F3N5O. The van der Waals surface area contributed by atoms with Crippen molar-refractivity contribution in [2.45, 2.75) is 77.1 Å². The van der Waals surface area contributed by atoms with Crippen LogP contribution in [0.4, 0.5) is 24.9 Å². The van der Waals surface area contributed by atoms with E-state index in [0.29, 0.717) is 16.9 Å². The Hall–Kier alpha value is -3.02. The van der Waals surface area contributed by atoms with Crippen molar-refractivity contribution in [2.75, 3.05) is 17.2 Å². The van der Waals surface area contributed by atoms with Gasteiger partial charge in [-0.2, -0.15) is 10.2 Å². The molecule has 5 fully saturated rings. The maximum Gasteiger partial charge on any atom is 0.573 e. The third-order valence-corrected chi connectivity index (χ3v) is 9.84. The molecule has 5 aliphatic rings. The van der Waals surface area contributed by atoms with Crippen LogP contribution in [0.1, 0.15) is 75.3 Å². The van der Waals surface area contributed by atoms with Gasteiger partial charge in [-0.25, -0.2) is 4.98 Å². The zero-order valence-electron chi connectivity index (χ0n) is 22.1. The third kappa shape index (κ3) is 5.66. The lowest BCUT2D eigenvalue weighted by molar-refractivity contribution is -0.274. The third-order valence-electron chi connectivity index (χ3n) is 9.84. The number of alkyl halides is 3. The van der Waals surface area contributed by atoms with Gasteiger partial charge in [0.15, 0.2) is 0 Å². The molecule has 7 rings (SSSR count). The van der Waals surface area contributed by atoms with Crippen molar-refractivity contribution in [1.82, 2.24) is 9.97 Å². The number of anilines is 2. The summed E-state index contributed by atoms with van der Waals surface area (Å²) in [5, 5.41) is 16.2. The molecule has 0 spiro atoms. The van der Waals surface area contributed by atoms with Gasteiger partial charge in [-0.15, -0.1) is 13.2 Å². The zero-order valence-corrected chi connectivity index (χ0v) is 22.1. The molecule has 208 valence electrons. The number of nitrogens with one attached hydrogen (secondary N) is 2. The molecule has 1 aromatic carbocycles. The first-order valence-electron chi connectivity index (χ1n) is 14.4. The summed E-state index contributed by atoms with van der Waals surface area (Å²) in [6.45, 7) is 0.844. The van der Waals surface area contributed by atoms with E-state index in [1.54, 1.807) is 12.1 Å². The quantitative estimate of drug-likeness (QED) is 0.366. The van der Waals surface area contributed by atoms with Gasteiger partial charge in [0.05, 0.1) is 6.20 Å². The van der Waals surface area contributed by atoms with Crippen LogP contribution in [0, 0.1) is 46.3 Å². The molecule has 6 nitrogen and oxygen atoms in total. The van der Waals surface area contributed by atoms with E-state index in [9.17, 15) is 18.4 Å². The van der Waals surface area contributed by atoms with Gasteiger partial charge in [0.1, 0.15) is 23.2 Å². The smallest absolute Gasteiger partial charge is 0.405 e. The van der Waals surface area contributed by atoms with Crippen LogP contribution in [0.15, 0.2) is 30.5 Å². The number of nitrogens with zero attached hydrogens (tertiary/aromatic N) is 3. The van der Waals surface area contributed by atoms with Crippen LogP contribution in [0.5, 0.6) is 5.75 Å². The Morgan fingerprint density at radius 1 is 1.00 bits per heavy atom. The highest BCUT2D eigenvalue weighted by atomic mass is 19.4. The minimum atomic E-state index is -4.77. The van der Waals surface area contributed by atoms with E-state index in [-0.39, 0.29) is 23.7 Å². The first kappa shape index (κ1) is 26.2. The molecule has 5 aliphatic carbocycles. The van der Waals surface area contributed by atoms with Crippen molar-refractivity contribution < 1.29 is 17.9 Å². The minimum Gasteiger partial charge on any atom is -0.405 e. The Kier molecular flexibility index (Phi) is 7.07. The predicted molar refractivity (Wildman–Crippen MR) is 142 cm³/mol. The lowest BCUT2D eigenvalue weighted by Gasteiger charge is -2.62. The summed E-state index contributed by atoms with van der Waals surface area (Å²) in [5.41, 5.74) is 0.949. The number of hydrogen-bond acceptors (Lipinski definition) is 6. The topological polar surface area (TPSA) is 82.9 Å². The molecule has 9 heteroatoms. The maximum atomic E-state index is 12.8. The number of ether oxygens (including phenoxy) is 1. The summed E-state index contributed by atoms with van der Waals surface area (Å²) < 4.78 is 42.5. The van der Waals surface area contributed by atoms with E-state index in [2.05, 4.69) is 31.4 Å². The van der Waals surface area contributed by atoms with E-state index in [4.69, 9.17) is 0 Å². The Morgan fingerprint density at radius 3 is 2.46 bits per heavy atom. The summed E-state index contributed by atoms with van der Waals surface area (Å²) in [6, 6.07) is 8.16. The van der Waals surface area contributed by atoms with E-state index >= 15 is 0 Å².